The molecule has 120 valence electrons. The number of hydrazone groups is 1. The number of nitrogens with zero attached hydrogens (tertiary/aromatic N) is 1. The molecule has 2 aromatic rings. The van der Waals surface area contributed by atoms with Crippen molar-refractivity contribution in [3.8, 4) is 5.75 Å². The van der Waals surface area contributed by atoms with Crippen molar-refractivity contribution in [2.24, 2.45) is 5.10 Å². The molecule has 0 aromatic heterocycles. The number of aromatic hydroxyl groups is 1. The summed E-state index contributed by atoms with van der Waals surface area (Å²) in [6.07, 6.45) is 1.81. The van der Waals surface area contributed by atoms with Gasteiger partial charge in [0.2, 0.25) is 5.91 Å². The fourth-order valence-electron chi connectivity index (χ4n) is 2.10. The highest BCUT2D eigenvalue weighted by atomic mass is 79.9. The Bertz CT molecular complexity index is 750. The topological polar surface area (TPSA) is 61.7 Å². The van der Waals surface area contributed by atoms with E-state index in [4.69, 9.17) is 0 Å². The van der Waals surface area contributed by atoms with Gasteiger partial charge in [0.05, 0.1) is 21.6 Å². The Morgan fingerprint density at radius 1 is 1.22 bits per heavy atom. The first kappa shape index (κ1) is 17.7. The quantitative estimate of drug-likeness (QED) is 0.553. The summed E-state index contributed by atoms with van der Waals surface area (Å²) in [5, 5.41) is 13.6. The third kappa shape index (κ3) is 4.91. The van der Waals surface area contributed by atoms with Crippen molar-refractivity contribution < 1.29 is 9.90 Å². The number of carbonyl (C=O) groups excluding carboxylic acids is 1. The molecule has 0 aliphatic rings. The Kier molecular flexibility index (Phi) is 5.96. The van der Waals surface area contributed by atoms with E-state index in [0.29, 0.717) is 8.95 Å². The van der Waals surface area contributed by atoms with Crippen LogP contribution < -0.4 is 5.43 Å². The minimum Gasteiger partial charge on any atom is -0.506 e. The van der Waals surface area contributed by atoms with Crippen molar-refractivity contribution in [3.63, 3.8) is 0 Å². The number of phenolic OH excluding ortho intramolecular Hbond substituents is 1. The normalized spacial score (nSPS) is 11.0. The zero-order valence-corrected chi connectivity index (χ0v) is 15.9. The molecule has 0 heterocycles. The molecule has 4 nitrogen and oxygen atoms in total. The number of amides is 1. The van der Waals surface area contributed by atoms with Crippen molar-refractivity contribution in [1.82, 2.24) is 5.43 Å². The summed E-state index contributed by atoms with van der Waals surface area (Å²) in [5.74, 6) is -0.0499. The lowest BCUT2D eigenvalue weighted by Crippen LogP contribution is -2.20. The molecule has 0 fully saturated rings. The van der Waals surface area contributed by atoms with Crippen LogP contribution in [0.4, 0.5) is 0 Å². The SMILES string of the molecule is Cc1ccc(CC(=O)N/N=C\c2cc(Br)c(O)c(Br)c2)c(C)c1. The largest absolute Gasteiger partial charge is 0.506 e. The highest BCUT2D eigenvalue weighted by molar-refractivity contribution is 9.11. The first-order valence-corrected chi connectivity index (χ1v) is 8.51. The number of rotatable bonds is 4. The molecule has 2 rings (SSSR count). The Morgan fingerprint density at radius 3 is 2.48 bits per heavy atom. The van der Waals surface area contributed by atoms with Gasteiger partial charge in [-0.05, 0) is 74.5 Å². The second-order valence-corrected chi connectivity index (χ2v) is 6.94. The molecule has 23 heavy (non-hydrogen) atoms. The van der Waals surface area contributed by atoms with Crippen molar-refractivity contribution in [2.45, 2.75) is 20.3 Å². The van der Waals surface area contributed by atoms with Gasteiger partial charge in [-0.15, -0.1) is 0 Å². The molecule has 2 aromatic carbocycles. The summed E-state index contributed by atoms with van der Waals surface area (Å²) in [6, 6.07) is 9.42. The minimum atomic E-state index is -0.176. The molecule has 6 heteroatoms. The molecule has 0 unspecified atom stereocenters. The van der Waals surface area contributed by atoms with Gasteiger partial charge in [-0.2, -0.15) is 5.10 Å². The van der Waals surface area contributed by atoms with E-state index >= 15 is 0 Å². The van der Waals surface area contributed by atoms with Gasteiger partial charge >= 0.3 is 0 Å². The molecule has 0 aliphatic carbocycles. The average Bonchev–Trinajstić information content (AvgIpc) is 2.47. The molecular weight excluding hydrogens is 424 g/mol. The first-order valence-electron chi connectivity index (χ1n) is 6.93. The maximum absolute atomic E-state index is 11.9. The van der Waals surface area contributed by atoms with Crippen LogP contribution in [-0.2, 0) is 11.2 Å². The van der Waals surface area contributed by atoms with Crippen LogP contribution in [0.5, 0.6) is 5.75 Å². The summed E-state index contributed by atoms with van der Waals surface area (Å²) in [7, 11) is 0. The van der Waals surface area contributed by atoms with E-state index in [0.717, 1.165) is 16.7 Å². The number of halogens is 2. The number of nitrogens with one attached hydrogen (secondary N) is 1. The summed E-state index contributed by atoms with van der Waals surface area (Å²) in [6.45, 7) is 4.01. The number of carbonyl (C=O) groups is 1. The summed E-state index contributed by atoms with van der Waals surface area (Å²) < 4.78 is 1.10. The van der Waals surface area contributed by atoms with Crippen molar-refractivity contribution in [3.05, 3.63) is 61.5 Å². The number of hydrogen-bond acceptors (Lipinski definition) is 3. The Labute approximate surface area is 151 Å². The van der Waals surface area contributed by atoms with E-state index in [2.05, 4.69) is 48.5 Å². The van der Waals surface area contributed by atoms with Crippen LogP contribution in [0.3, 0.4) is 0 Å². The Balaban J connectivity index is 1.99. The molecule has 0 spiro atoms. The highest BCUT2D eigenvalue weighted by Crippen LogP contribution is 2.32. The third-order valence-corrected chi connectivity index (χ3v) is 4.50. The van der Waals surface area contributed by atoms with Crippen LogP contribution >= 0.6 is 31.9 Å². The van der Waals surface area contributed by atoms with E-state index in [-0.39, 0.29) is 18.1 Å². The maximum Gasteiger partial charge on any atom is 0.244 e. The zero-order chi connectivity index (χ0) is 17.0. The number of benzene rings is 2. The van der Waals surface area contributed by atoms with E-state index in [9.17, 15) is 9.90 Å². The van der Waals surface area contributed by atoms with Gasteiger partial charge in [0.1, 0.15) is 5.75 Å². The summed E-state index contributed by atoms with van der Waals surface area (Å²) in [5.41, 5.74) is 6.51. The summed E-state index contributed by atoms with van der Waals surface area (Å²) >= 11 is 6.49. The van der Waals surface area contributed by atoms with Gasteiger partial charge in [0, 0.05) is 0 Å². The lowest BCUT2D eigenvalue weighted by Gasteiger charge is -2.06. The average molecular weight is 440 g/mol. The van der Waals surface area contributed by atoms with Crippen molar-refractivity contribution >= 4 is 44.0 Å². The highest BCUT2D eigenvalue weighted by Gasteiger charge is 2.06. The standard InChI is InChI=1S/C17H16Br2N2O2/c1-10-3-4-13(11(2)5-10)8-16(22)21-20-9-12-6-14(18)17(23)15(19)7-12/h3-7,9,23H,8H2,1-2H3,(H,21,22)/b20-9-. The van der Waals surface area contributed by atoms with E-state index in [1.165, 1.54) is 11.8 Å². The maximum atomic E-state index is 11.9. The fourth-order valence-corrected chi connectivity index (χ4v) is 3.32. The lowest BCUT2D eigenvalue weighted by molar-refractivity contribution is -0.120. The van der Waals surface area contributed by atoms with Gasteiger partial charge in [-0.1, -0.05) is 23.8 Å². The van der Waals surface area contributed by atoms with Crippen LogP contribution in [0, 0.1) is 13.8 Å². The number of aryl methyl sites for hydroxylation is 2. The zero-order valence-electron chi connectivity index (χ0n) is 12.7. The van der Waals surface area contributed by atoms with Crippen LogP contribution in [0.15, 0.2) is 44.4 Å². The molecular formula is C17H16Br2N2O2. The predicted molar refractivity (Wildman–Crippen MR) is 98.9 cm³/mol. The summed E-state index contributed by atoms with van der Waals surface area (Å²) in [4.78, 5) is 11.9. The van der Waals surface area contributed by atoms with Gasteiger partial charge in [-0.25, -0.2) is 5.43 Å². The Morgan fingerprint density at radius 2 is 1.87 bits per heavy atom. The molecule has 0 bridgehead atoms. The fraction of sp³-hybridized carbons (Fsp3) is 0.176. The van der Waals surface area contributed by atoms with Gasteiger partial charge in [-0.3, -0.25) is 4.79 Å². The van der Waals surface area contributed by atoms with Crippen LogP contribution in [0.1, 0.15) is 22.3 Å². The van der Waals surface area contributed by atoms with Gasteiger partial charge < -0.3 is 5.11 Å². The first-order chi connectivity index (χ1) is 10.9. The van der Waals surface area contributed by atoms with Crippen LogP contribution in [-0.4, -0.2) is 17.2 Å². The monoisotopic (exact) mass is 438 g/mol. The number of phenols is 1. The second kappa shape index (κ2) is 7.75. The minimum absolute atomic E-state index is 0.126. The molecule has 1 amide bonds. The van der Waals surface area contributed by atoms with Crippen LogP contribution in [0.2, 0.25) is 0 Å². The van der Waals surface area contributed by atoms with Crippen LogP contribution in [0.25, 0.3) is 0 Å². The van der Waals surface area contributed by atoms with Gasteiger partial charge in [0.15, 0.2) is 0 Å². The predicted octanol–water partition coefficient (Wildman–Crippen LogP) is 4.23. The molecule has 0 aliphatic heterocycles. The smallest absolute Gasteiger partial charge is 0.244 e. The molecule has 0 saturated heterocycles. The van der Waals surface area contributed by atoms with E-state index in [1.54, 1.807) is 12.1 Å². The lowest BCUT2D eigenvalue weighted by atomic mass is 10.0. The number of hydrogen-bond donors (Lipinski definition) is 2. The van der Waals surface area contributed by atoms with E-state index < -0.39 is 0 Å². The molecule has 2 N–H and O–H groups in total. The van der Waals surface area contributed by atoms with Crippen molar-refractivity contribution in [1.29, 1.82) is 0 Å². The van der Waals surface area contributed by atoms with E-state index in [1.807, 2.05) is 26.0 Å². The third-order valence-electron chi connectivity index (χ3n) is 3.29. The second-order valence-electron chi connectivity index (χ2n) is 5.23. The van der Waals surface area contributed by atoms with Crippen molar-refractivity contribution in [2.75, 3.05) is 0 Å². The Hall–Kier alpha value is -1.66. The molecule has 0 atom stereocenters. The molecule has 0 saturated carbocycles. The molecule has 0 radical (unpaired) electrons. The van der Waals surface area contributed by atoms with Gasteiger partial charge in [0.25, 0.3) is 0 Å².